The van der Waals surface area contributed by atoms with Crippen LogP contribution in [0.5, 0.6) is 0 Å². The van der Waals surface area contributed by atoms with Crippen molar-refractivity contribution in [3.8, 4) is 0 Å². The van der Waals surface area contributed by atoms with Crippen molar-refractivity contribution < 1.29 is 9.59 Å². The lowest BCUT2D eigenvalue weighted by Crippen LogP contribution is -2.40. The number of nitrogens with zero attached hydrogens (tertiary/aromatic N) is 1. The Labute approximate surface area is 184 Å². The van der Waals surface area contributed by atoms with Gasteiger partial charge in [0.2, 0.25) is 11.8 Å². The van der Waals surface area contributed by atoms with Crippen LogP contribution < -0.4 is 21.7 Å². The maximum absolute atomic E-state index is 12.3. The standard InChI is InChI=1S/C21H28N4O2.2ClH/c1-3-15(2)20(23)21(27)24-17-10-7-11-18(12-17)25(14-19(22)26)13-16-8-5-4-6-9-16;;/h4-12,15,20H,3,13-14,23H2,1-2H3,(H2,22,26)(H,24,27);2*1H. The maximum Gasteiger partial charge on any atom is 0.241 e. The highest BCUT2D eigenvalue weighted by molar-refractivity contribution is 5.95. The molecule has 2 atom stereocenters. The van der Waals surface area contributed by atoms with Gasteiger partial charge in [0, 0.05) is 17.9 Å². The average molecular weight is 441 g/mol. The van der Waals surface area contributed by atoms with Crippen molar-refractivity contribution in [2.75, 3.05) is 16.8 Å². The molecule has 2 aromatic carbocycles. The number of hydrogen-bond donors (Lipinski definition) is 3. The second-order valence-corrected chi connectivity index (χ2v) is 6.76. The van der Waals surface area contributed by atoms with Crippen molar-refractivity contribution in [3.05, 3.63) is 60.2 Å². The molecule has 5 N–H and O–H groups in total. The van der Waals surface area contributed by atoms with E-state index in [1.165, 1.54) is 0 Å². The molecular formula is C21H30Cl2N4O2. The van der Waals surface area contributed by atoms with Crippen molar-refractivity contribution in [3.63, 3.8) is 0 Å². The number of primary amides is 1. The van der Waals surface area contributed by atoms with Crippen LogP contribution in [0.15, 0.2) is 54.6 Å². The molecular weight excluding hydrogens is 411 g/mol. The Morgan fingerprint density at radius 3 is 2.31 bits per heavy atom. The first kappa shape index (κ1) is 26.7. The van der Waals surface area contributed by atoms with Crippen molar-refractivity contribution in [1.82, 2.24) is 0 Å². The molecule has 6 nitrogen and oxygen atoms in total. The van der Waals surface area contributed by atoms with Gasteiger partial charge in [-0.1, -0.05) is 56.7 Å². The molecule has 0 bridgehead atoms. The molecule has 2 amide bonds. The molecule has 160 valence electrons. The van der Waals surface area contributed by atoms with Crippen LogP contribution >= 0.6 is 24.8 Å². The summed E-state index contributed by atoms with van der Waals surface area (Å²) in [7, 11) is 0. The molecule has 29 heavy (non-hydrogen) atoms. The number of anilines is 2. The number of nitrogens with one attached hydrogen (secondary N) is 1. The fraction of sp³-hybridized carbons (Fsp3) is 0.333. The Morgan fingerprint density at radius 1 is 1.07 bits per heavy atom. The third-order valence-electron chi connectivity index (χ3n) is 4.60. The van der Waals surface area contributed by atoms with Crippen LogP contribution in [0.1, 0.15) is 25.8 Å². The van der Waals surface area contributed by atoms with Crippen molar-refractivity contribution in [2.24, 2.45) is 17.4 Å². The lowest BCUT2D eigenvalue weighted by Gasteiger charge is -2.24. The van der Waals surface area contributed by atoms with E-state index in [1.807, 2.05) is 67.3 Å². The van der Waals surface area contributed by atoms with Crippen LogP contribution in [0.4, 0.5) is 11.4 Å². The molecule has 0 radical (unpaired) electrons. The van der Waals surface area contributed by atoms with E-state index in [0.29, 0.717) is 12.2 Å². The molecule has 0 aliphatic heterocycles. The molecule has 0 spiro atoms. The second kappa shape index (κ2) is 13.0. The van der Waals surface area contributed by atoms with Crippen LogP contribution in [0.3, 0.4) is 0 Å². The van der Waals surface area contributed by atoms with E-state index in [2.05, 4.69) is 5.32 Å². The smallest absolute Gasteiger partial charge is 0.241 e. The largest absolute Gasteiger partial charge is 0.368 e. The lowest BCUT2D eigenvalue weighted by atomic mass is 9.99. The Balaban J connectivity index is 0.00000392. The van der Waals surface area contributed by atoms with Crippen LogP contribution in [-0.2, 0) is 16.1 Å². The average Bonchev–Trinajstić information content (AvgIpc) is 2.67. The first-order valence-electron chi connectivity index (χ1n) is 9.14. The summed E-state index contributed by atoms with van der Waals surface area (Å²) in [5, 5.41) is 2.86. The topological polar surface area (TPSA) is 101 Å². The summed E-state index contributed by atoms with van der Waals surface area (Å²) >= 11 is 0. The number of nitrogens with two attached hydrogens (primary N) is 2. The predicted octanol–water partition coefficient (Wildman–Crippen LogP) is 3.33. The molecule has 2 rings (SSSR count). The fourth-order valence-corrected chi connectivity index (χ4v) is 2.75. The van der Waals surface area contributed by atoms with E-state index < -0.39 is 11.9 Å². The molecule has 0 saturated carbocycles. The van der Waals surface area contributed by atoms with Gasteiger partial charge < -0.3 is 21.7 Å². The van der Waals surface area contributed by atoms with Crippen LogP contribution in [-0.4, -0.2) is 24.4 Å². The lowest BCUT2D eigenvalue weighted by molar-refractivity contribution is -0.118. The number of hydrogen-bond acceptors (Lipinski definition) is 4. The molecule has 0 aliphatic rings. The summed E-state index contributed by atoms with van der Waals surface area (Å²) in [6, 6.07) is 16.6. The Morgan fingerprint density at radius 2 is 1.72 bits per heavy atom. The summed E-state index contributed by atoms with van der Waals surface area (Å²) in [4.78, 5) is 25.7. The minimum atomic E-state index is -0.565. The number of rotatable bonds is 9. The minimum Gasteiger partial charge on any atom is -0.368 e. The molecule has 0 fully saturated rings. The number of carbonyl (C=O) groups is 2. The summed E-state index contributed by atoms with van der Waals surface area (Å²) in [6.07, 6.45) is 0.831. The van der Waals surface area contributed by atoms with Gasteiger partial charge in [0.15, 0.2) is 0 Å². The molecule has 0 aromatic heterocycles. The van der Waals surface area contributed by atoms with Gasteiger partial charge in [-0.2, -0.15) is 0 Å². The van der Waals surface area contributed by atoms with E-state index in [9.17, 15) is 9.59 Å². The fourth-order valence-electron chi connectivity index (χ4n) is 2.75. The highest BCUT2D eigenvalue weighted by Gasteiger charge is 2.20. The molecule has 2 aromatic rings. The SMILES string of the molecule is CCC(C)C(N)C(=O)Nc1cccc(N(CC(N)=O)Cc2ccccc2)c1.Cl.Cl. The van der Waals surface area contributed by atoms with E-state index in [0.717, 1.165) is 17.7 Å². The van der Waals surface area contributed by atoms with E-state index in [1.54, 1.807) is 6.07 Å². The van der Waals surface area contributed by atoms with Gasteiger partial charge in [0.1, 0.15) is 0 Å². The van der Waals surface area contributed by atoms with Crippen molar-refractivity contribution in [1.29, 1.82) is 0 Å². The van der Waals surface area contributed by atoms with Gasteiger partial charge in [-0.15, -0.1) is 24.8 Å². The van der Waals surface area contributed by atoms with Crippen LogP contribution in [0, 0.1) is 5.92 Å². The summed E-state index contributed by atoms with van der Waals surface area (Å²) in [5.74, 6) is -0.539. The first-order valence-corrected chi connectivity index (χ1v) is 9.14. The van der Waals surface area contributed by atoms with E-state index >= 15 is 0 Å². The van der Waals surface area contributed by atoms with Crippen molar-refractivity contribution in [2.45, 2.75) is 32.9 Å². The van der Waals surface area contributed by atoms with Gasteiger partial charge in [0.05, 0.1) is 12.6 Å². The van der Waals surface area contributed by atoms with Crippen molar-refractivity contribution >= 4 is 48.0 Å². The summed E-state index contributed by atoms with van der Waals surface area (Å²) < 4.78 is 0. The monoisotopic (exact) mass is 440 g/mol. The summed E-state index contributed by atoms with van der Waals surface area (Å²) in [5.41, 5.74) is 13.9. The quantitative estimate of drug-likeness (QED) is 0.556. The Kier molecular flexibility index (Phi) is 12.0. The predicted molar refractivity (Wildman–Crippen MR) is 124 cm³/mol. The van der Waals surface area contributed by atoms with Gasteiger partial charge in [-0.05, 0) is 29.7 Å². The Bertz CT molecular complexity index is 774. The third-order valence-corrected chi connectivity index (χ3v) is 4.60. The zero-order valence-corrected chi connectivity index (χ0v) is 18.3. The normalized spacial score (nSPS) is 12.0. The number of benzene rings is 2. The molecule has 8 heteroatoms. The zero-order valence-electron chi connectivity index (χ0n) is 16.7. The van der Waals surface area contributed by atoms with Gasteiger partial charge in [-0.3, -0.25) is 9.59 Å². The third kappa shape index (κ3) is 8.31. The van der Waals surface area contributed by atoms with Gasteiger partial charge in [0.25, 0.3) is 0 Å². The molecule has 0 aliphatic carbocycles. The van der Waals surface area contributed by atoms with E-state index in [4.69, 9.17) is 11.5 Å². The summed E-state index contributed by atoms with van der Waals surface area (Å²) in [6.45, 7) is 4.57. The number of amides is 2. The highest BCUT2D eigenvalue weighted by atomic mass is 35.5. The maximum atomic E-state index is 12.3. The molecule has 0 saturated heterocycles. The highest BCUT2D eigenvalue weighted by Crippen LogP contribution is 2.22. The van der Waals surface area contributed by atoms with Gasteiger partial charge >= 0.3 is 0 Å². The molecule has 2 unspecified atom stereocenters. The second-order valence-electron chi connectivity index (χ2n) is 6.76. The van der Waals surface area contributed by atoms with Crippen LogP contribution in [0.25, 0.3) is 0 Å². The van der Waals surface area contributed by atoms with E-state index in [-0.39, 0.29) is 43.2 Å². The number of halogens is 2. The molecule has 0 heterocycles. The number of carbonyl (C=O) groups excluding carboxylic acids is 2. The van der Waals surface area contributed by atoms with Gasteiger partial charge in [-0.25, -0.2) is 0 Å². The van der Waals surface area contributed by atoms with Crippen LogP contribution in [0.2, 0.25) is 0 Å². The first-order chi connectivity index (χ1) is 12.9. The zero-order chi connectivity index (χ0) is 19.8. The minimum absolute atomic E-state index is 0. The Hall–Kier alpha value is -2.28.